The van der Waals surface area contributed by atoms with Crippen LogP contribution in [0.3, 0.4) is 0 Å². The van der Waals surface area contributed by atoms with Gasteiger partial charge in [0.15, 0.2) is 25.2 Å². The zero-order chi connectivity index (χ0) is 56.0. The van der Waals surface area contributed by atoms with E-state index in [1.807, 2.05) is 58.0 Å². The molecule has 1 aromatic rings. The number of ether oxygens (including phenoxy) is 14. The molecule has 1 aliphatic heterocycles. The Kier molecular flexibility index (Phi) is 40.6. The van der Waals surface area contributed by atoms with Crippen molar-refractivity contribution in [2.24, 2.45) is 5.92 Å². The third-order valence-corrected chi connectivity index (χ3v) is 12.7. The largest absolute Gasteiger partial charge is 0.445 e. The molecular weight excluding hydrogens is 1050 g/mol. The molecule has 0 radical (unpaired) electrons. The fourth-order valence-corrected chi connectivity index (χ4v) is 7.60. The van der Waals surface area contributed by atoms with Crippen molar-refractivity contribution in [3.8, 4) is 0 Å². The first kappa shape index (κ1) is 70.9. The number of alkyl halides is 3. The first-order chi connectivity index (χ1) is 36.6. The number of rotatable bonds is 47. The van der Waals surface area contributed by atoms with Crippen LogP contribution in [0.2, 0.25) is 0 Å². The molecule has 0 spiro atoms. The SMILES string of the molecule is CCCCOCC(O[C@@H](OCCCC)[C@@H](C)COCCCC)[C@H](C)O[C@H](OC(COCCCC)[C@H](C)O[C@H](OC1COC(c2ccccc2)O[C@H]1C)[C@@H](CO)OCCCC)[C@H](COCCCC)NC(=O)OCC(Cl)(Cl)Cl. The smallest absolute Gasteiger partial charge is 0.407 e. The van der Waals surface area contributed by atoms with Gasteiger partial charge in [0, 0.05) is 51.1 Å². The van der Waals surface area contributed by atoms with Gasteiger partial charge in [-0.25, -0.2) is 4.79 Å². The van der Waals surface area contributed by atoms with Crippen molar-refractivity contribution in [3.63, 3.8) is 0 Å². The summed E-state index contributed by atoms with van der Waals surface area (Å²) in [4.78, 5) is 13.7. The number of hydrogen-bond acceptors (Lipinski definition) is 16. The lowest BCUT2D eigenvalue weighted by atomic mass is 10.1. The highest BCUT2D eigenvalue weighted by Crippen LogP contribution is 2.30. The van der Waals surface area contributed by atoms with Crippen LogP contribution in [-0.4, -0.2) is 169 Å². The standard InChI is InChI=1S/C56H100Cl3NO16/c1-11-17-28-63-35-41(7)51(68-33-22-16-6)74-48(37-65-30-19-13-3)42(8)72-53(46(36-64-29-18-12-2)60-55(62)70-40-56(57,58)59)75-49(38-66-31-20-14-4)43(9)73-54(47(34-61)67-32-21-15-5)76-50-39-69-52(71-44(50)10)45-26-24-23-25-27-45/h23-27,41-44,46-54,61H,11-22,28-40H2,1-10H3,(H,60,62)/t41-,42-,43-,44-,46-,47+,48?,49?,50?,51+,52?,53+,54+/m0/s1. The highest BCUT2D eigenvalue weighted by atomic mass is 35.6. The molecule has 2 N–H and O–H groups in total. The van der Waals surface area contributed by atoms with Gasteiger partial charge in [-0.05, 0) is 59.3 Å². The molecule has 0 bridgehead atoms. The molecule has 13 atom stereocenters. The van der Waals surface area contributed by atoms with E-state index >= 15 is 0 Å². The van der Waals surface area contributed by atoms with E-state index < -0.39 is 97.0 Å². The summed E-state index contributed by atoms with van der Waals surface area (Å²) in [6, 6.07) is 8.66. The number of nitrogens with one attached hydrogen (secondary N) is 1. The van der Waals surface area contributed by atoms with Crippen molar-refractivity contribution >= 4 is 40.9 Å². The molecule has 1 amide bonds. The maximum atomic E-state index is 13.7. The predicted octanol–water partition coefficient (Wildman–Crippen LogP) is 11.4. The van der Waals surface area contributed by atoms with Crippen molar-refractivity contribution < 1.29 is 76.2 Å². The Morgan fingerprint density at radius 2 is 1.13 bits per heavy atom. The normalized spacial score (nSPS) is 20.3. The van der Waals surface area contributed by atoms with E-state index in [0.717, 1.165) is 82.6 Å². The summed E-state index contributed by atoms with van der Waals surface area (Å²) in [6.45, 7) is 22.7. The number of hydrogen-bond donors (Lipinski definition) is 2. The number of amides is 1. The number of halogens is 3. The van der Waals surface area contributed by atoms with Gasteiger partial charge >= 0.3 is 6.09 Å². The summed E-state index contributed by atoms with van der Waals surface area (Å²) in [5, 5.41) is 13.7. The average Bonchev–Trinajstić information content (AvgIpc) is 3.40. The van der Waals surface area contributed by atoms with Crippen LogP contribution in [0.4, 0.5) is 4.79 Å². The van der Waals surface area contributed by atoms with Gasteiger partial charge in [0.2, 0.25) is 3.79 Å². The van der Waals surface area contributed by atoms with E-state index in [2.05, 4.69) is 46.9 Å². The Bertz CT molecular complexity index is 1530. The van der Waals surface area contributed by atoms with E-state index in [0.29, 0.717) is 46.2 Å². The van der Waals surface area contributed by atoms with Crippen molar-refractivity contribution in [1.82, 2.24) is 5.32 Å². The van der Waals surface area contributed by atoms with Crippen molar-refractivity contribution in [2.45, 2.75) is 224 Å². The summed E-state index contributed by atoms with van der Waals surface area (Å²) in [5.41, 5.74) is 0.880. The molecule has 0 aliphatic carbocycles. The van der Waals surface area contributed by atoms with Crippen LogP contribution in [0, 0.1) is 5.92 Å². The molecule has 4 unspecified atom stereocenters. The van der Waals surface area contributed by atoms with Gasteiger partial charge in [-0.15, -0.1) is 0 Å². The molecule has 20 heteroatoms. The van der Waals surface area contributed by atoms with Crippen LogP contribution in [0.1, 0.15) is 158 Å². The fourth-order valence-electron chi connectivity index (χ4n) is 7.44. The second kappa shape index (κ2) is 43.5. The van der Waals surface area contributed by atoms with Crippen LogP contribution in [0.5, 0.6) is 0 Å². The third kappa shape index (κ3) is 31.1. The van der Waals surface area contributed by atoms with Crippen molar-refractivity contribution in [2.75, 3.05) is 85.9 Å². The van der Waals surface area contributed by atoms with Crippen molar-refractivity contribution in [3.05, 3.63) is 35.9 Å². The lowest BCUT2D eigenvalue weighted by Gasteiger charge is -2.40. The summed E-state index contributed by atoms with van der Waals surface area (Å²) in [7, 11) is 0. The molecule has 76 heavy (non-hydrogen) atoms. The number of aliphatic hydroxyl groups excluding tert-OH is 1. The molecule has 446 valence electrons. The van der Waals surface area contributed by atoms with Gasteiger partial charge in [-0.1, -0.05) is 152 Å². The van der Waals surface area contributed by atoms with Crippen LogP contribution >= 0.6 is 34.8 Å². The van der Waals surface area contributed by atoms with E-state index in [1.165, 1.54) is 0 Å². The number of benzene rings is 1. The molecule has 2 rings (SSSR count). The van der Waals surface area contributed by atoms with Crippen LogP contribution in [-0.2, 0) is 66.3 Å². The summed E-state index contributed by atoms with van der Waals surface area (Å²) >= 11 is 18.1. The second-order valence-electron chi connectivity index (χ2n) is 19.5. The minimum Gasteiger partial charge on any atom is -0.445 e. The van der Waals surface area contributed by atoms with Gasteiger partial charge in [0.25, 0.3) is 0 Å². The van der Waals surface area contributed by atoms with Gasteiger partial charge < -0.3 is 76.7 Å². The Hall–Kier alpha value is -1.20. The molecule has 1 heterocycles. The molecule has 1 aliphatic rings. The van der Waals surface area contributed by atoms with Gasteiger partial charge in [-0.2, -0.15) is 0 Å². The molecule has 1 aromatic carbocycles. The first-order valence-electron chi connectivity index (χ1n) is 28.4. The number of carbonyl (C=O) groups is 1. The minimum atomic E-state index is -1.88. The van der Waals surface area contributed by atoms with E-state index in [9.17, 15) is 9.90 Å². The molecule has 1 saturated heterocycles. The number of aliphatic hydroxyl groups is 1. The van der Waals surface area contributed by atoms with E-state index in [4.69, 9.17) is 101 Å². The van der Waals surface area contributed by atoms with Crippen LogP contribution < -0.4 is 5.32 Å². The highest BCUT2D eigenvalue weighted by molar-refractivity contribution is 6.67. The first-order valence-corrected chi connectivity index (χ1v) is 29.5. The van der Waals surface area contributed by atoms with Gasteiger partial charge in [0.05, 0.1) is 58.0 Å². The van der Waals surface area contributed by atoms with E-state index in [-0.39, 0.29) is 32.3 Å². The molecule has 17 nitrogen and oxygen atoms in total. The molecule has 1 fully saturated rings. The minimum absolute atomic E-state index is 0.0253. The van der Waals surface area contributed by atoms with E-state index in [1.54, 1.807) is 0 Å². The molecular formula is C56H100Cl3NO16. The zero-order valence-corrected chi connectivity index (χ0v) is 50.0. The quantitative estimate of drug-likeness (QED) is 0.0357. The monoisotopic (exact) mass is 1150 g/mol. The summed E-state index contributed by atoms with van der Waals surface area (Å²) in [5.74, 6) is -0.147. The summed E-state index contributed by atoms with van der Waals surface area (Å²) < 4.78 is 88.0. The topological polar surface area (TPSA) is 179 Å². The number of unbranched alkanes of at least 4 members (excludes halogenated alkanes) is 6. The number of carbonyl (C=O) groups excluding carboxylic acids is 1. The Labute approximate surface area is 472 Å². The number of alkyl carbamates (subject to hydrolysis) is 1. The van der Waals surface area contributed by atoms with Crippen LogP contribution in [0.25, 0.3) is 0 Å². The highest BCUT2D eigenvalue weighted by Gasteiger charge is 2.40. The third-order valence-electron chi connectivity index (χ3n) is 12.4. The molecule has 0 saturated carbocycles. The van der Waals surface area contributed by atoms with Gasteiger partial charge in [-0.3, -0.25) is 0 Å². The maximum Gasteiger partial charge on any atom is 0.407 e. The zero-order valence-electron chi connectivity index (χ0n) is 47.8. The van der Waals surface area contributed by atoms with Crippen molar-refractivity contribution in [1.29, 1.82) is 0 Å². The average molecular weight is 1150 g/mol. The second-order valence-corrected chi connectivity index (χ2v) is 22.0. The van der Waals surface area contributed by atoms with Gasteiger partial charge in [0.1, 0.15) is 37.1 Å². The fraction of sp³-hybridized carbons (Fsp3) is 0.875. The predicted molar refractivity (Wildman–Crippen MR) is 296 cm³/mol. The Balaban J connectivity index is 2.71. The molecule has 0 aromatic heterocycles. The van der Waals surface area contributed by atoms with Crippen LogP contribution in [0.15, 0.2) is 30.3 Å². The lowest BCUT2D eigenvalue weighted by Crippen LogP contribution is -2.55. The summed E-state index contributed by atoms with van der Waals surface area (Å²) in [6.07, 6.45) is 0.730. The maximum absolute atomic E-state index is 13.7. The Morgan fingerprint density at radius 3 is 1.64 bits per heavy atom. The lowest BCUT2D eigenvalue weighted by molar-refractivity contribution is -0.324. The Morgan fingerprint density at radius 1 is 0.645 bits per heavy atom.